The Morgan fingerprint density at radius 1 is 1.27 bits per heavy atom. The van der Waals surface area contributed by atoms with Crippen molar-refractivity contribution in [2.75, 3.05) is 29.6 Å². The lowest BCUT2D eigenvalue weighted by Gasteiger charge is -2.18. The summed E-state index contributed by atoms with van der Waals surface area (Å²) in [6.45, 7) is 3.57. The molecule has 0 aliphatic carbocycles. The fourth-order valence-corrected chi connectivity index (χ4v) is 3.83. The average Bonchev–Trinajstić information content (AvgIpc) is 2.96. The number of aryl methyl sites for hydroxylation is 1. The van der Waals surface area contributed by atoms with Gasteiger partial charge in [-0.2, -0.15) is 16.8 Å². The molecule has 7 nitrogen and oxygen atoms in total. The molecule has 0 bridgehead atoms. The van der Waals surface area contributed by atoms with Gasteiger partial charge in [0.05, 0.1) is 22.8 Å². The number of hydrogen-bond acceptors (Lipinski definition) is 6. The van der Waals surface area contributed by atoms with E-state index in [1.807, 2.05) is 23.7 Å². The zero-order chi connectivity index (χ0) is 15.6. The van der Waals surface area contributed by atoms with Crippen LogP contribution in [0.15, 0.2) is 39.9 Å². The van der Waals surface area contributed by atoms with Gasteiger partial charge in [0.25, 0.3) is 6.20 Å². The van der Waals surface area contributed by atoms with Crippen LogP contribution in [0.25, 0.3) is 4.72 Å². The van der Waals surface area contributed by atoms with Crippen molar-refractivity contribution in [1.29, 1.82) is 0 Å². The Balaban J connectivity index is 1.75. The van der Waals surface area contributed by atoms with Crippen molar-refractivity contribution in [1.82, 2.24) is 5.27 Å². The molecule has 1 fully saturated rings. The van der Waals surface area contributed by atoms with Crippen LogP contribution in [0.4, 0.5) is 5.88 Å². The number of hydrogen-bond donors (Lipinski definition) is 0. The van der Waals surface area contributed by atoms with E-state index in [0.29, 0.717) is 0 Å². The summed E-state index contributed by atoms with van der Waals surface area (Å²) in [4.78, 5) is 1.65. The van der Waals surface area contributed by atoms with E-state index in [-0.39, 0.29) is 10.8 Å². The molecule has 2 heterocycles. The van der Waals surface area contributed by atoms with Gasteiger partial charge in [-0.3, -0.25) is 0 Å². The highest BCUT2D eigenvalue weighted by atomic mass is 32.2. The Morgan fingerprint density at radius 3 is 2.64 bits per heavy atom. The van der Waals surface area contributed by atoms with E-state index in [9.17, 15) is 8.42 Å². The number of sulfonamides is 1. The van der Waals surface area contributed by atoms with E-state index in [1.54, 1.807) is 12.1 Å². The summed E-state index contributed by atoms with van der Waals surface area (Å²) in [5.41, 5.74) is 0.986. The molecule has 0 N–H and O–H groups in total. The predicted octanol–water partition coefficient (Wildman–Crippen LogP) is 1.35. The SMILES string of the molecule is Cc1ccc(S(=O)(=O)[N-]c2c[n+](N3CCSCC3)no2)cc1. The number of benzene rings is 1. The minimum atomic E-state index is -3.79. The molecule has 3 rings (SSSR count). The van der Waals surface area contributed by atoms with Gasteiger partial charge in [0.2, 0.25) is 5.27 Å². The number of thioether (sulfide) groups is 1. The first-order chi connectivity index (χ1) is 10.5. The molecule has 0 spiro atoms. The summed E-state index contributed by atoms with van der Waals surface area (Å²) < 4.78 is 33.1. The van der Waals surface area contributed by atoms with Gasteiger partial charge in [-0.15, -0.1) is 0 Å². The summed E-state index contributed by atoms with van der Waals surface area (Å²) in [6.07, 6.45) is 1.49. The van der Waals surface area contributed by atoms with E-state index < -0.39 is 10.0 Å². The zero-order valence-electron chi connectivity index (χ0n) is 12.0. The first kappa shape index (κ1) is 15.2. The molecule has 1 aromatic carbocycles. The Kier molecular flexibility index (Phi) is 4.25. The minimum absolute atomic E-state index is 0.0289. The highest BCUT2D eigenvalue weighted by Gasteiger charge is 2.21. The summed E-state index contributed by atoms with van der Waals surface area (Å²) in [5, 5.41) is 5.82. The van der Waals surface area contributed by atoms with Crippen molar-refractivity contribution in [3.63, 3.8) is 0 Å². The van der Waals surface area contributed by atoms with Crippen molar-refractivity contribution >= 4 is 27.7 Å². The lowest BCUT2D eigenvalue weighted by atomic mass is 10.2. The fourth-order valence-electron chi connectivity index (χ4n) is 2.04. The molecule has 0 saturated carbocycles. The van der Waals surface area contributed by atoms with Gasteiger partial charge in [-0.1, -0.05) is 17.7 Å². The van der Waals surface area contributed by atoms with Crippen LogP contribution >= 0.6 is 11.8 Å². The number of aromatic nitrogens is 2. The average molecular weight is 340 g/mol. The number of rotatable bonds is 4. The van der Waals surface area contributed by atoms with Crippen molar-refractivity contribution in [3.05, 3.63) is 40.7 Å². The zero-order valence-corrected chi connectivity index (χ0v) is 13.7. The van der Waals surface area contributed by atoms with Crippen LogP contribution in [-0.4, -0.2) is 38.3 Å². The Hall–Kier alpha value is -1.74. The maximum Gasteiger partial charge on any atom is 0.257 e. The van der Waals surface area contributed by atoms with E-state index in [1.165, 1.54) is 23.1 Å². The van der Waals surface area contributed by atoms with Gasteiger partial charge in [-0.05, 0) is 19.1 Å². The van der Waals surface area contributed by atoms with Gasteiger partial charge in [0.15, 0.2) is 0 Å². The molecule has 0 atom stereocenters. The third kappa shape index (κ3) is 3.36. The summed E-state index contributed by atoms with van der Waals surface area (Å²) in [5.74, 6) is 1.99. The van der Waals surface area contributed by atoms with E-state index in [4.69, 9.17) is 4.52 Å². The van der Waals surface area contributed by atoms with Crippen LogP contribution in [0.5, 0.6) is 0 Å². The van der Waals surface area contributed by atoms with Crippen molar-refractivity contribution < 1.29 is 17.7 Å². The van der Waals surface area contributed by atoms with Crippen molar-refractivity contribution in [2.45, 2.75) is 11.8 Å². The van der Waals surface area contributed by atoms with Crippen LogP contribution in [-0.2, 0) is 10.0 Å². The maximum absolute atomic E-state index is 12.2. The standard InChI is InChI=1S/C13H16N4O3S2/c1-11-2-4-12(5-3-11)22(18,19)14-13-10-17(15-20-13)16-6-8-21-9-7-16/h2-5,10H,6-9H2,1H3. The highest BCUT2D eigenvalue weighted by Crippen LogP contribution is 2.26. The molecular formula is C13H16N4O3S2. The number of nitrogens with zero attached hydrogens (tertiary/aromatic N) is 4. The minimum Gasteiger partial charge on any atom is -0.534 e. The molecule has 1 aliphatic rings. The van der Waals surface area contributed by atoms with Gasteiger partial charge < -0.3 is 9.25 Å². The first-order valence-electron chi connectivity index (χ1n) is 6.81. The molecule has 118 valence electrons. The lowest BCUT2D eigenvalue weighted by Crippen LogP contribution is -2.61. The maximum atomic E-state index is 12.2. The largest absolute Gasteiger partial charge is 0.534 e. The summed E-state index contributed by atoms with van der Waals surface area (Å²) in [7, 11) is -3.79. The van der Waals surface area contributed by atoms with E-state index >= 15 is 0 Å². The molecule has 1 aromatic heterocycles. The monoisotopic (exact) mass is 340 g/mol. The van der Waals surface area contributed by atoms with Crippen molar-refractivity contribution in [3.8, 4) is 0 Å². The summed E-state index contributed by atoms with van der Waals surface area (Å²) >= 11 is 1.88. The summed E-state index contributed by atoms with van der Waals surface area (Å²) in [6, 6.07) is 6.52. The van der Waals surface area contributed by atoms with Crippen LogP contribution in [0.1, 0.15) is 5.56 Å². The normalized spacial score (nSPS) is 15.8. The molecule has 0 radical (unpaired) electrons. The molecule has 9 heteroatoms. The Morgan fingerprint density at radius 2 is 1.95 bits per heavy atom. The van der Waals surface area contributed by atoms with E-state index in [2.05, 4.69) is 9.99 Å². The molecule has 1 saturated heterocycles. The van der Waals surface area contributed by atoms with Crippen LogP contribution in [0, 0.1) is 6.92 Å². The first-order valence-corrected chi connectivity index (χ1v) is 9.40. The molecule has 2 aromatic rings. The second-order valence-electron chi connectivity index (χ2n) is 4.91. The molecule has 1 aliphatic heterocycles. The highest BCUT2D eigenvalue weighted by molar-refractivity contribution is 7.99. The smallest absolute Gasteiger partial charge is 0.257 e. The lowest BCUT2D eigenvalue weighted by molar-refractivity contribution is -0.757. The van der Waals surface area contributed by atoms with E-state index in [0.717, 1.165) is 30.2 Å². The molecule has 0 unspecified atom stereocenters. The van der Waals surface area contributed by atoms with Gasteiger partial charge in [-0.25, -0.2) is 8.42 Å². The second-order valence-corrected chi connectivity index (χ2v) is 7.73. The van der Waals surface area contributed by atoms with Crippen LogP contribution in [0.2, 0.25) is 0 Å². The van der Waals surface area contributed by atoms with Gasteiger partial charge in [0, 0.05) is 11.5 Å². The third-order valence-corrected chi connectivity index (χ3v) is 5.48. The molecule has 22 heavy (non-hydrogen) atoms. The van der Waals surface area contributed by atoms with Crippen molar-refractivity contribution in [2.24, 2.45) is 0 Å². The van der Waals surface area contributed by atoms with Crippen LogP contribution in [0.3, 0.4) is 0 Å². The second kappa shape index (κ2) is 6.17. The molecular weight excluding hydrogens is 324 g/mol. The third-order valence-electron chi connectivity index (χ3n) is 3.25. The van der Waals surface area contributed by atoms with Crippen LogP contribution < -0.4 is 9.80 Å². The molecule has 0 amide bonds. The quantitative estimate of drug-likeness (QED) is 0.782. The topological polar surface area (TPSA) is 81.4 Å². The Labute approximate surface area is 133 Å². The van der Waals surface area contributed by atoms with Gasteiger partial charge in [0.1, 0.15) is 15.9 Å². The predicted molar refractivity (Wildman–Crippen MR) is 83.4 cm³/mol. The Bertz CT molecular complexity index is 737. The van der Waals surface area contributed by atoms with Gasteiger partial charge >= 0.3 is 0 Å². The fraction of sp³-hybridized carbons (Fsp3) is 0.385.